The maximum atomic E-state index is 8.62. The minimum atomic E-state index is 0.840. The van der Waals surface area contributed by atoms with Crippen LogP contribution in [0, 0.1) is 0 Å². The van der Waals surface area contributed by atoms with Gasteiger partial charge in [-0.15, -0.1) is 0 Å². The van der Waals surface area contributed by atoms with Gasteiger partial charge in [-0.3, -0.25) is 0 Å². The highest BCUT2D eigenvalue weighted by molar-refractivity contribution is 5.87. The van der Waals surface area contributed by atoms with Crippen molar-refractivity contribution in [2.75, 3.05) is 0 Å². The van der Waals surface area contributed by atoms with Gasteiger partial charge in [-0.05, 0) is 48.3 Å². The molecule has 0 saturated carbocycles. The fraction of sp³-hybridized carbons (Fsp3) is 0.118. The molecule has 2 aromatic carbocycles. The van der Waals surface area contributed by atoms with Crippen LogP contribution in [0.2, 0.25) is 0 Å². The smallest absolute Gasteiger partial charge is 0.131 e. The highest BCUT2D eigenvalue weighted by Crippen LogP contribution is 2.33. The van der Waals surface area contributed by atoms with Gasteiger partial charge in [0.25, 0.3) is 0 Å². The standard InChI is InChI=1S/C17H15NO2/c19-18-12-13-9-10-16-14(11-13)5-4-8-17(16)20-15-6-2-1-3-7-15/h1-8,11-12,19H,9-10H2. The molecule has 0 amide bonds. The van der Waals surface area contributed by atoms with E-state index in [0.29, 0.717) is 0 Å². The third-order valence-electron chi connectivity index (χ3n) is 3.37. The Morgan fingerprint density at radius 1 is 1.00 bits per heavy atom. The largest absolute Gasteiger partial charge is 0.457 e. The third-order valence-corrected chi connectivity index (χ3v) is 3.37. The normalized spacial score (nSPS) is 13.9. The first kappa shape index (κ1) is 12.5. The Balaban J connectivity index is 1.94. The van der Waals surface area contributed by atoms with E-state index < -0.39 is 0 Å². The van der Waals surface area contributed by atoms with Gasteiger partial charge in [0, 0.05) is 5.56 Å². The maximum absolute atomic E-state index is 8.62. The zero-order valence-electron chi connectivity index (χ0n) is 11.0. The van der Waals surface area contributed by atoms with Gasteiger partial charge in [-0.1, -0.05) is 35.5 Å². The second-order valence-electron chi connectivity index (χ2n) is 4.70. The average molecular weight is 265 g/mol. The van der Waals surface area contributed by atoms with Crippen LogP contribution in [-0.2, 0) is 6.42 Å². The highest BCUT2D eigenvalue weighted by atomic mass is 16.5. The lowest BCUT2D eigenvalue weighted by atomic mass is 9.92. The minimum absolute atomic E-state index is 0.840. The minimum Gasteiger partial charge on any atom is -0.457 e. The summed E-state index contributed by atoms with van der Waals surface area (Å²) in [5, 5.41) is 11.7. The van der Waals surface area contributed by atoms with Crippen LogP contribution in [0.25, 0.3) is 6.08 Å². The molecule has 100 valence electrons. The lowest BCUT2D eigenvalue weighted by Gasteiger charge is -2.18. The molecule has 2 aromatic rings. The maximum Gasteiger partial charge on any atom is 0.131 e. The fourth-order valence-electron chi connectivity index (χ4n) is 2.41. The molecule has 0 heterocycles. The summed E-state index contributed by atoms with van der Waals surface area (Å²) in [5.74, 6) is 1.73. The molecule has 1 aliphatic rings. The zero-order valence-corrected chi connectivity index (χ0v) is 11.0. The zero-order chi connectivity index (χ0) is 13.8. The quantitative estimate of drug-likeness (QED) is 0.511. The second kappa shape index (κ2) is 5.61. The van der Waals surface area contributed by atoms with Gasteiger partial charge in [0.05, 0.1) is 6.21 Å². The van der Waals surface area contributed by atoms with E-state index >= 15 is 0 Å². The molecular formula is C17H15NO2. The molecule has 0 unspecified atom stereocenters. The van der Waals surface area contributed by atoms with Crippen LogP contribution < -0.4 is 4.74 Å². The molecule has 0 aromatic heterocycles. The number of hydrogen-bond acceptors (Lipinski definition) is 3. The second-order valence-corrected chi connectivity index (χ2v) is 4.70. The Hall–Kier alpha value is -2.55. The lowest BCUT2D eigenvalue weighted by molar-refractivity contribution is 0.321. The van der Waals surface area contributed by atoms with E-state index in [9.17, 15) is 0 Å². The molecule has 0 spiro atoms. The number of allylic oxidation sites excluding steroid dienone is 1. The van der Waals surface area contributed by atoms with Crippen molar-refractivity contribution in [1.82, 2.24) is 0 Å². The van der Waals surface area contributed by atoms with Crippen LogP contribution in [0.1, 0.15) is 17.5 Å². The molecule has 3 rings (SSSR count). The summed E-state index contributed by atoms with van der Waals surface area (Å²) in [5.41, 5.74) is 3.35. The van der Waals surface area contributed by atoms with E-state index in [1.807, 2.05) is 48.5 Å². The van der Waals surface area contributed by atoms with E-state index in [4.69, 9.17) is 9.94 Å². The fourth-order valence-corrected chi connectivity index (χ4v) is 2.41. The molecule has 1 N–H and O–H groups in total. The van der Waals surface area contributed by atoms with Crippen LogP contribution in [0.4, 0.5) is 0 Å². The van der Waals surface area contributed by atoms with Gasteiger partial charge in [0.15, 0.2) is 0 Å². The van der Waals surface area contributed by atoms with Crippen molar-refractivity contribution < 1.29 is 9.94 Å². The Kier molecular flexibility index (Phi) is 3.50. The predicted molar refractivity (Wildman–Crippen MR) is 79.5 cm³/mol. The Bertz CT molecular complexity index is 660. The van der Waals surface area contributed by atoms with Crippen LogP contribution in [0.3, 0.4) is 0 Å². The van der Waals surface area contributed by atoms with Crippen molar-refractivity contribution in [2.45, 2.75) is 12.8 Å². The van der Waals surface area contributed by atoms with Crippen LogP contribution in [-0.4, -0.2) is 11.4 Å². The van der Waals surface area contributed by atoms with Gasteiger partial charge in [-0.25, -0.2) is 0 Å². The first-order valence-electron chi connectivity index (χ1n) is 6.59. The van der Waals surface area contributed by atoms with E-state index in [2.05, 4.69) is 11.2 Å². The molecule has 0 bridgehead atoms. The van der Waals surface area contributed by atoms with Crippen molar-refractivity contribution in [3.05, 3.63) is 65.2 Å². The summed E-state index contributed by atoms with van der Waals surface area (Å²) in [7, 11) is 0. The molecule has 0 aliphatic heterocycles. The summed E-state index contributed by atoms with van der Waals surface area (Å²) in [6.45, 7) is 0. The predicted octanol–water partition coefficient (Wildman–Crippen LogP) is 4.27. The lowest BCUT2D eigenvalue weighted by Crippen LogP contribution is -2.02. The summed E-state index contributed by atoms with van der Waals surface area (Å²) in [6.07, 6.45) is 5.27. The molecule has 20 heavy (non-hydrogen) atoms. The SMILES string of the molecule is ON=CC1=Cc2cccc(Oc3ccccc3)c2CC1. The number of rotatable bonds is 3. The Labute approximate surface area is 117 Å². The average Bonchev–Trinajstić information content (AvgIpc) is 2.49. The number of benzene rings is 2. The molecule has 3 heteroatoms. The number of fused-ring (bicyclic) bond motifs is 1. The van der Waals surface area contributed by atoms with Crippen molar-refractivity contribution in [2.24, 2.45) is 5.16 Å². The van der Waals surface area contributed by atoms with E-state index in [0.717, 1.165) is 35.5 Å². The molecule has 0 atom stereocenters. The first-order chi connectivity index (χ1) is 9.86. The first-order valence-corrected chi connectivity index (χ1v) is 6.59. The summed E-state index contributed by atoms with van der Waals surface area (Å²) in [4.78, 5) is 0. The summed E-state index contributed by atoms with van der Waals surface area (Å²) >= 11 is 0. The molecule has 0 saturated heterocycles. The highest BCUT2D eigenvalue weighted by Gasteiger charge is 2.14. The van der Waals surface area contributed by atoms with E-state index in [1.165, 1.54) is 11.8 Å². The summed E-state index contributed by atoms with van der Waals surface area (Å²) < 4.78 is 5.96. The van der Waals surface area contributed by atoms with Gasteiger partial charge in [0.2, 0.25) is 0 Å². The molecule has 0 fully saturated rings. The number of ether oxygens (including phenoxy) is 1. The molecule has 3 nitrogen and oxygen atoms in total. The summed E-state index contributed by atoms with van der Waals surface area (Å²) in [6, 6.07) is 15.8. The van der Waals surface area contributed by atoms with E-state index in [1.54, 1.807) is 0 Å². The number of oxime groups is 1. The Morgan fingerprint density at radius 2 is 1.85 bits per heavy atom. The number of nitrogens with zero attached hydrogens (tertiary/aromatic N) is 1. The van der Waals surface area contributed by atoms with Crippen LogP contribution in [0.15, 0.2) is 59.3 Å². The van der Waals surface area contributed by atoms with Crippen LogP contribution in [0.5, 0.6) is 11.5 Å². The van der Waals surface area contributed by atoms with Gasteiger partial charge < -0.3 is 9.94 Å². The number of para-hydroxylation sites is 1. The number of hydrogen-bond donors (Lipinski definition) is 1. The van der Waals surface area contributed by atoms with Crippen molar-refractivity contribution in [3.8, 4) is 11.5 Å². The topological polar surface area (TPSA) is 41.8 Å². The van der Waals surface area contributed by atoms with Crippen molar-refractivity contribution in [1.29, 1.82) is 0 Å². The molecule has 1 aliphatic carbocycles. The van der Waals surface area contributed by atoms with Gasteiger partial charge in [-0.2, -0.15) is 0 Å². The van der Waals surface area contributed by atoms with E-state index in [-0.39, 0.29) is 0 Å². The van der Waals surface area contributed by atoms with Crippen LogP contribution >= 0.6 is 0 Å². The molecule has 0 radical (unpaired) electrons. The van der Waals surface area contributed by atoms with Crippen molar-refractivity contribution >= 4 is 12.3 Å². The Morgan fingerprint density at radius 3 is 2.65 bits per heavy atom. The van der Waals surface area contributed by atoms with Gasteiger partial charge >= 0.3 is 0 Å². The third kappa shape index (κ3) is 2.57. The monoisotopic (exact) mass is 265 g/mol. The van der Waals surface area contributed by atoms with Gasteiger partial charge in [0.1, 0.15) is 11.5 Å². The van der Waals surface area contributed by atoms with Crippen molar-refractivity contribution in [3.63, 3.8) is 0 Å². The molecular weight excluding hydrogens is 250 g/mol.